The van der Waals surface area contributed by atoms with Gasteiger partial charge < -0.3 is 5.73 Å². The zero-order valence-electron chi connectivity index (χ0n) is 14.0. The van der Waals surface area contributed by atoms with Crippen molar-refractivity contribution in [1.29, 1.82) is 0 Å². The van der Waals surface area contributed by atoms with Crippen LogP contribution in [-0.2, 0) is 13.1 Å². The minimum absolute atomic E-state index is 0.133. The van der Waals surface area contributed by atoms with Crippen molar-refractivity contribution >= 4 is 22.4 Å². The van der Waals surface area contributed by atoms with Crippen molar-refractivity contribution in [2.45, 2.75) is 32.9 Å². The van der Waals surface area contributed by atoms with Crippen LogP contribution in [0.4, 0.5) is 5.13 Å². The quantitative estimate of drug-likeness (QED) is 0.874. The molecular weight excluding hydrogens is 320 g/mol. The molecule has 0 saturated carbocycles. The molecule has 5 nitrogen and oxygen atoms in total. The first-order valence-electron chi connectivity index (χ1n) is 8.41. The maximum atomic E-state index is 12.3. The molecule has 1 aromatic carbocycles. The Hall–Kier alpha value is -1.76. The molecule has 1 amide bonds. The number of aromatic nitrogens is 1. The van der Waals surface area contributed by atoms with Crippen molar-refractivity contribution in [1.82, 2.24) is 9.88 Å². The van der Waals surface area contributed by atoms with E-state index in [-0.39, 0.29) is 5.91 Å². The molecule has 1 saturated heterocycles. The predicted octanol–water partition coefficient (Wildman–Crippen LogP) is 3.09. The molecule has 128 valence electrons. The molecule has 0 aliphatic carbocycles. The third-order valence-corrected chi connectivity index (χ3v) is 5.29. The Morgan fingerprint density at radius 1 is 1.33 bits per heavy atom. The van der Waals surface area contributed by atoms with Gasteiger partial charge in [0.1, 0.15) is 0 Å². The van der Waals surface area contributed by atoms with Gasteiger partial charge >= 0.3 is 0 Å². The van der Waals surface area contributed by atoms with Crippen LogP contribution in [-0.4, -0.2) is 28.9 Å². The summed E-state index contributed by atoms with van der Waals surface area (Å²) in [5.41, 5.74) is 8.24. The van der Waals surface area contributed by atoms with Crippen LogP contribution in [0.15, 0.2) is 29.6 Å². The number of amides is 1. The number of carbonyl (C=O) groups is 1. The summed E-state index contributed by atoms with van der Waals surface area (Å²) >= 11 is 1.48. The second-order valence-electron chi connectivity index (χ2n) is 6.46. The van der Waals surface area contributed by atoms with Crippen LogP contribution >= 0.6 is 11.3 Å². The van der Waals surface area contributed by atoms with E-state index < -0.39 is 0 Å². The molecule has 0 spiro atoms. The van der Waals surface area contributed by atoms with Gasteiger partial charge in [-0.15, -0.1) is 11.3 Å². The molecule has 3 N–H and O–H groups in total. The SMILES string of the molecule is CC1CCN(Cc2csc(NC(=O)c3ccc(CN)cc3)n2)CC1. The Balaban J connectivity index is 1.56. The molecule has 1 aliphatic rings. The Morgan fingerprint density at radius 2 is 2.04 bits per heavy atom. The summed E-state index contributed by atoms with van der Waals surface area (Å²) < 4.78 is 0. The van der Waals surface area contributed by atoms with E-state index in [0.29, 0.717) is 17.2 Å². The molecule has 3 rings (SSSR count). The molecule has 0 unspecified atom stereocenters. The number of anilines is 1. The fourth-order valence-corrected chi connectivity index (χ4v) is 3.54. The van der Waals surface area contributed by atoms with Crippen LogP contribution in [0, 0.1) is 5.92 Å². The maximum Gasteiger partial charge on any atom is 0.257 e. The Bertz CT molecular complexity index is 675. The highest BCUT2D eigenvalue weighted by Crippen LogP contribution is 2.21. The molecule has 2 aromatic rings. The molecule has 1 fully saturated rings. The number of rotatable bonds is 5. The molecule has 1 aromatic heterocycles. The number of nitrogens with one attached hydrogen (secondary N) is 1. The van der Waals surface area contributed by atoms with E-state index >= 15 is 0 Å². The maximum absolute atomic E-state index is 12.3. The van der Waals surface area contributed by atoms with Crippen molar-refractivity contribution in [3.63, 3.8) is 0 Å². The molecule has 0 radical (unpaired) electrons. The van der Waals surface area contributed by atoms with Crippen LogP contribution in [0.3, 0.4) is 0 Å². The largest absolute Gasteiger partial charge is 0.326 e. The third kappa shape index (κ3) is 4.41. The van der Waals surface area contributed by atoms with E-state index in [4.69, 9.17) is 5.73 Å². The lowest BCUT2D eigenvalue weighted by atomic mass is 9.99. The number of nitrogens with zero attached hydrogens (tertiary/aromatic N) is 2. The van der Waals surface area contributed by atoms with Gasteiger partial charge in [0.15, 0.2) is 5.13 Å². The fourth-order valence-electron chi connectivity index (χ4n) is 2.85. The lowest BCUT2D eigenvalue weighted by Crippen LogP contribution is -2.32. The van der Waals surface area contributed by atoms with Gasteiger partial charge in [-0.3, -0.25) is 15.0 Å². The predicted molar refractivity (Wildman–Crippen MR) is 98.1 cm³/mol. The van der Waals surface area contributed by atoms with Gasteiger partial charge in [0.2, 0.25) is 0 Å². The number of benzene rings is 1. The highest BCUT2D eigenvalue weighted by molar-refractivity contribution is 7.13. The molecule has 6 heteroatoms. The number of thiazole rings is 1. The van der Waals surface area contributed by atoms with Crippen molar-refractivity contribution in [2.24, 2.45) is 11.7 Å². The zero-order chi connectivity index (χ0) is 16.9. The summed E-state index contributed by atoms with van der Waals surface area (Å²) in [7, 11) is 0. The number of hydrogen-bond donors (Lipinski definition) is 2. The van der Waals surface area contributed by atoms with Gasteiger partial charge in [-0.25, -0.2) is 4.98 Å². The van der Waals surface area contributed by atoms with Crippen LogP contribution in [0.5, 0.6) is 0 Å². The van der Waals surface area contributed by atoms with Gasteiger partial charge in [-0.2, -0.15) is 0 Å². The van der Waals surface area contributed by atoms with E-state index in [1.54, 1.807) is 12.1 Å². The molecule has 0 atom stereocenters. The third-order valence-electron chi connectivity index (χ3n) is 4.49. The highest BCUT2D eigenvalue weighted by Gasteiger charge is 2.17. The van der Waals surface area contributed by atoms with Gasteiger partial charge in [0.25, 0.3) is 5.91 Å². The normalized spacial score (nSPS) is 16.2. The topological polar surface area (TPSA) is 71.2 Å². The second kappa shape index (κ2) is 7.88. The first-order chi connectivity index (χ1) is 11.6. The fraction of sp³-hybridized carbons (Fsp3) is 0.444. The minimum Gasteiger partial charge on any atom is -0.326 e. The second-order valence-corrected chi connectivity index (χ2v) is 7.32. The Labute approximate surface area is 146 Å². The molecule has 0 bridgehead atoms. The smallest absolute Gasteiger partial charge is 0.257 e. The van der Waals surface area contributed by atoms with Crippen molar-refractivity contribution in [3.8, 4) is 0 Å². The summed E-state index contributed by atoms with van der Waals surface area (Å²) in [5, 5.41) is 5.57. The first kappa shape index (κ1) is 17.1. The van der Waals surface area contributed by atoms with Gasteiger partial charge in [0, 0.05) is 24.0 Å². The monoisotopic (exact) mass is 344 g/mol. The van der Waals surface area contributed by atoms with E-state index in [1.165, 1.54) is 24.2 Å². The summed E-state index contributed by atoms with van der Waals surface area (Å²) in [5.74, 6) is 0.698. The summed E-state index contributed by atoms with van der Waals surface area (Å²) in [6, 6.07) is 7.33. The Morgan fingerprint density at radius 3 is 2.71 bits per heavy atom. The van der Waals surface area contributed by atoms with Crippen molar-refractivity contribution in [2.75, 3.05) is 18.4 Å². The molecule has 24 heavy (non-hydrogen) atoms. The van der Waals surface area contributed by atoms with Crippen LogP contribution in [0.25, 0.3) is 0 Å². The standard InChI is InChI=1S/C18H24N4OS/c1-13-6-8-22(9-7-13)11-16-12-24-18(20-16)21-17(23)15-4-2-14(10-19)3-5-15/h2-5,12-13H,6-11,19H2,1H3,(H,20,21,23). The summed E-state index contributed by atoms with van der Waals surface area (Å²) in [4.78, 5) is 19.2. The summed E-state index contributed by atoms with van der Waals surface area (Å²) in [6.07, 6.45) is 2.51. The highest BCUT2D eigenvalue weighted by atomic mass is 32.1. The lowest BCUT2D eigenvalue weighted by molar-refractivity contribution is 0.102. The van der Waals surface area contributed by atoms with Crippen molar-refractivity contribution < 1.29 is 4.79 Å². The number of hydrogen-bond acceptors (Lipinski definition) is 5. The van der Waals surface area contributed by atoms with Gasteiger partial charge in [-0.05, 0) is 49.5 Å². The van der Waals surface area contributed by atoms with E-state index in [1.807, 2.05) is 17.5 Å². The van der Waals surface area contributed by atoms with Crippen molar-refractivity contribution in [3.05, 3.63) is 46.5 Å². The molecular formula is C18H24N4OS. The number of piperidine rings is 1. The molecule has 1 aliphatic heterocycles. The average Bonchev–Trinajstić information content (AvgIpc) is 3.04. The van der Waals surface area contributed by atoms with E-state index in [2.05, 4.69) is 22.1 Å². The average molecular weight is 344 g/mol. The van der Waals surface area contributed by atoms with Crippen LogP contribution in [0.1, 0.15) is 41.4 Å². The van der Waals surface area contributed by atoms with E-state index in [0.717, 1.165) is 36.8 Å². The number of nitrogens with two attached hydrogens (primary N) is 1. The zero-order valence-corrected chi connectivity index (χ0v) is 14.8. The number of likely N-dealkylation sites (tertiary alicyclic amines) is 1. The molecule has 2 heterocycles. The lowest BCUT2D eigenvalue weighted by Gasteiger charge is -2.29. The minimum atomic E-state index is -0.133. The van der Waals surface area contributed by atoms with Crippen LogP contribution < -0.4 is 11.1 Å². The first-order valence-corrected chi connectivity index (χ1v) is 9.29. The number of carbonyl (C=O) groups excluding carboxylic acids is 1. The van der Waals surface area contributed by atoms with Gasteiger partial charge in [-0.1, -0.05) is 19.1 Å². The van der Waals surface area contributed by atoms with Gasteiger partial charge in [0.05, 0.1) is 5.69 Å². The Kier molecular flexibility index (Phi) is 5.60. The van der Waals surface area contributed by atoms with E-state index in [9.17, 15) is 4.79 Å². The van der Waals surface area contributed by atoms with Crippen LogP contribution in [0.2, 0.25) is 0 Å². The summed E-state index contributed by atoms with van der Waals surface area (Å²) in [6.45, 7) is 5.92.